The Morgan fingerprint density at radius 2 is 2.05 bits per heavy atom. The Morgan fingerprint density at radius 3 is 2.73 bits per heavy atom. The van der Waals surface area contributed by atoms with E-state index in [1.165, 1.54) is 18.6 Å². The highest BCUT2D eigenvalue weighted by Gasteiger charge is 2.40. The Bertz CT molecular complexity index is 662. The summed E-state index contributed by atoms with van der Waals surface area (Å²) in [7, 11) is -3.73. The van der Waals surface area contributed by atoms with E-state index in [0.717, 1.165) is 25.7 Å². The molecule has 0 amide bonds. The molecule has 1 unspecified atom stereocenters. The van der Waals surface area contributed by atoms with Crippen LogP contribution in [0.2, 0.25) is 0 Å². The molecule has 7 heteroatoms. The standard InChI is InChI=1S/C15H20N2O4S/c16-11-13-4-5-14(21-13)22(18,19)17-12-6-9-20-15(10-12)7-2-1-3-8-15/h4-5,12,17H,1-3,6-10H2. The molecule has 0 bridgehead atoms. The number of furan rings is 1. The summed E-state index contributed by atoms with van der Waals surface area (Å²) in [4.78, 5) is 0. The van der Waals surface area contributed by atoms with Crippen LogP contribution in [0, 0.1) is 11.3 Å². The van der Waals surface area contributed by atoms with Crippen LogP contribution in [0.15, 0.2) is 21.6 Å². The Balaban J connectivity index is 1.70. The number of ether oxygens (including phenoxy) is 1. The maximum Gasteiger partial charge on any atom is 0.274 e. The monoisotopic (exact) mass is 324 g/mol. The van der Waals surface area contributed by atoms with E-state index in [4.69, 9.17) is 14.4 Å². The van der Waals surface area contributed by atoms with Gasteiger partial charge < -0.3 is 9.15 Å². The summed E-state index contributed by atoms with van der Waals surface area (Å²) in [5.74, 6) is -0.00361. The lowest BCUT2D eigenvalue weighted by molar-refractivity contribution is -0.106. The smallest absolute Gasteiger partial charge is 0.274 e. The number of rotatable bonds is 3. The fourth-order valence-electron chi connectivity index (χ4n) is 3.48. The molecular weight excluding hydrogens is 304 g/mol. The lowest BCUT2D eigenvalue weighted by Gasteiger charge is -2.43. The van der Waals surface area contributed by atoms with Gasteiger partial charge in [-0.25, -0.2) is 13.1 Å². The molecule has 2 heterocycles. The van der Waals surface area contributed by atoms with Crippen molar-refractivity contribution in [2.24, 2.45) is 0 Å². The van der Waals surface area contributed by atoms with E-state index >= 15 is 0 Å². The molecule has 6 nitrogen and oxygen atoms in total. The van der Waals surface area contributed by atoms with Gasteiger partial charge in [-0.15, -0.1) is 0 Å². The summed E-state index contributed by atoms with van der Waals surface area (Å²) in [6, 6.07) is 4.32. The quantitative estimate of drug-likeness (QED) is 0.921. The normalized spacial score (nSPS) is 25.0. The highest BCUT2D eigenvalue weighted by Crippen LogP contribution is 2.38. The third-order valence-electron chi connectivity index (χ3n) is 4.54. The topological polar surface area (TPSA) is 92.3 Å². The number of hydrogen-bond acceptors (Lipinski definition) is 5. The van der Waals surface area contributed by atoms with E-state index in [0.29, 0.717) is 19.4 Å². The predicted molar refractivity (Wildman–Crippen MR) is 78.5 cm³/mol. The largest absolute Gasteiger partial charge is 0.433 e. The Kier molecular flexibility index (Phi) is 4.26. The summed E-state index contributed by atoms with van der Waals surface area (Å²) in [6.07, 6.45) is 6.89. The van der Waals surface area contributed by atoms with Gasteiger partial charge in [0.25, 0.3) is 10.0 Å². The fraction of sp³-hybridized carbons (Fsp3) is 0.667. The number of nitriles is 1. The molecule has 1 aromatic heterocycles. The molecule has 1 aliphatic carbocycles. The maximum atomic E-state index is 12.3. The third kappa shape index (κ3) is 3.19. The molecule has 1 aliphatic heterocycles. The van der Waals surface area contributed by atoms with Crippen LogP contribution < -0.4 is 4.72 Å². The summed E-state index contributed by atoms with van der Waals surface area (Å²) >= 11 is 0. The first-order chi connectivity index (χ1) is 10.5. The van der Waals surface area contributed by atoms with Crippen LogP contribution in [-0.4, -0.2) is 26.7 Å². The highest BCUT2D eigenvalue weighted by molar-refractivity contribution is 7.89. The Morgan fingerprint density at radius 1 is 1.27 bits per heavy atom. The van der Waals surface area contributed by atoms with Crippen molar-refractivity contribution >= 4 is 10.0 Å². The average Bonchev–Trinajstić information content (AvgIpc) is 2.97. The van der Waals surface area contributed by atoms with Gasteiger partial charge in [-0.1, -0.05) is 19.3 Å². The molecule has 22 heavy (non-hydrogen) atoms. The van der Waals surface area contributed by atoms with E-state index in [9.17, 15) is 8.42 Å². The van der Waals surface area contributed by atoms with Crippen molar-refractivity contribution in [1.29, 1.82) is 5.26 Å². The van der Waals surface area contributed by atoms with Crippen molar-refractivity contribution in [3.05, 3.63) is 17.9 Å². The lowest BCUT2D eigenvalue weighted by Crippen LogP contribution is -2.49. The van der Waals surface area contributed by atoms with Crippen LogP contribution in [0.25, 0.3) is 0 Å². The van der Waals surface area contributed by atoms with E-state index < -0.39 is 10.0 Å². The summed E-state index contributed by atoms with van der Waals surface area (Å²) in [6.45, 7) is 0.578. The molecule has 2 aliphatic rings. The summed E-state index contributed by atoms with van der Waals surface area (Å²) in [5, 5.41) is 8.53. The van der Waals surface area contributed by atoms with Gasteiger partial charge >= 0.3 is 0 Å². The molecule has 3 rings (SSSR count). The van der Waals surface area contributed by atoms with Crippen molar-refractivity contribution in [3.8, 4) is 6.07 Å². The Labute approximate surface area is 130 Å². The van der Waals surface area contributed by atoms with Crippen LogP contribution in [0.1, 0.15) is 50.7 Å². The SMILES string of the molecule is N#Cc1ccc(S(=O)(=O)NC2CCOC3(CCCCC3)C2)o1. The van der Waals surface area contributed by atoms with E-state index in [1.54, 1.807) is 6.07 Å². The van der Waals surface area contributed by atoms with Crippen molar-refractivity contribution in [2.75, 3.05) is 6.61 Å². The molecule has 1 saturated heterocycles. The van der Waals surface area contributed by atoms with Gasteiger partial charge in [0.15, 0.2) is 0 Å². The average molecular weight is 324 g/mol. The third-order valence-corrected chi connectivity index (χ3v) is 5.93. The molecule has 1 N–H and O–H groups in total. The summed E-state index contributed by atoms with van der Waals surface area (Å²) in [5.41, 5.74) is -0.162. The second-order valence-corrected chi connectivity index (χ2v) is 7.78. The number of nitrogens with one attached hydrogen (secondary N) is 1. The zero-order valence-corrected chi connectivity index (χ0v) is 13.2. The number of hydrogen-bond donors (Lipinski definition) is 1. The molecule has 1 spiro atoms. The van der Waals surface area contributed by atoms with Crippen molar-refractivity contribution in [1.82, 2.24) is 4.72 Å². The molecule has 120 valence electrons. The van der Waals surface area contributed by atoms with Gasteiger partial charge in [0.2, 0.25) is 10.9 Å². The summed E-state index contributed by atoms with van der Waals surface area (Å²) < 4.78 is 38.4. The zero-order valence-electron chi connectivity index (χ0n) is 12.4. The zero-order chi connectivity index (χ0) is 15.6. The number of sulfonamides is 1. The van der Waals surface area contributed by atoms with Crippen LogP contribution in [0.4, 0.5) is 0 Å². The first-order valence-corrected chi connectivity index (χ1v) is 9.18. The van der Waals surface area contributed by atoms with Crippen molar-refractivity contribution in [3.63, 3.8) is 0 Å². The minimum absolute atomic E-state index is 0.00361. The highest BCUT2D eigenvalue weighted by atomic mass is 32.2. The predicted octanol–water partition coefficient (Wildman–Crippen LogP) is 2.31. The molecular formula is C15H20N2O4S. The van der Waals surface area contributed by atoms with Gasteiger partial charge in [-0.3, -0.25) is 0 Å². The fourth-order valence-corrected chi connectivity index (χ4v) is 4.68. The minimum atomic E-state index is -3.73. The van der Waals surface area contributed by atoms with E-state index in [1.807, 2.05) is 0 Å². The second-order valence-electron chi connectivity index (χ2n) is 6.13. The molecule has 0 aromatic carbocycles. The van der Waals surface area contributed by atoms with Gasteiger partial charge in [0.05, 0.1) is 5.60 Å². The maximum absolute atomic E-state index is 12.3. The number of nitrogens with zero attached hydrogens (tertiary/aromatic N) is 1. The van der Waals surface area contributed by atoms with Gasteiger partial charge in [0.1, 0.15) is 6.07 Å². The lowest BCUT2D eigenvalue weighted by atomic mass is 9.78. The van der Waals surface area contributed by atoms with Crippen molar-refractivity contribution < 1.29 is 17.6 Å². The minimum Gasteiger partial charge on any atom is -0.433 e. The molecule has 2 fully saturated rings. The van der Waals surface area contributed by atoms with Crippen LogP contribution in [-0.2, 0) is 14.8 Å². The molecule has 0 radical (unpaired) electrons. The van der Waals surface area contributed by atoms with Crippen LogP contribution >= 0.6 is 0 Å². The molecule has 1 saturated carbocycles. The Hall–Kier alpha value is -1.36. The van der Waals surface area contributed by atoms with E-state index in [2.05, 4.69) is 4.72 Å². The first-order valence-electron chi connectivity index (χ1n) is 7.69. The van der Waals surface area contributed by atoms with Gasteiger partial charge in [0, 0.05) is 12.6 Å². The molecule has 1 aromatic rings. The van der Waals surface area contributed by atoms with Gasteiger partial charge in [-0.05, 0) is 37.8 Å². The van der Waals surface area contributed by atoms with Crippen molar-refractivity contribution in [2.45, 2.75) is 61.7 Å². The second kappa shape index (κ2) is 6.03. The van der Waals surface area contributed by atoms with Crippen LogP contribution in [0.5, 0.6) is 0 Å². The van der Waals surface area contributed by atoms with Crippen LogP contribution in [0.3, 0.4) is 0 Å². The molecule has 1 atom stereocenters. The first kappa shape index (κ1) is 15.5. The van der Waals surface area contributed by atoms with Gasteiger partial charge in [-0.2, -0.15) is 5.26 Å². The van der Waals surface area contributed by atoms with E-state index in [-0.39, 0.29) is 22.5 Å².